The quantitative estimate of drug-likeness (QED) is 0.644. The zero-order valence-corrected chi connectivity index (χ0v) is 17.5. The third-order valence-corrected chi connectivity index (χ3v) is 5.73. The maximum absolute atomic E-state index is 13.0. The van der Waals surface area contributed by atoms with Gasteiger partial charge in [0.2, 0.25) is 5.91 Å². The molecule has 1 aromatic carbocycles. The van der Waals surface area contributed by atoms with Crippen LogP contribution in [0, 0.1) is 0 Å². The molecular weight excluding hydrogens is 384 g/mol. The number of piperidine rings is 1. The predicted molar refractivity (Wildman–Crippen MR) is 113 cm³/mol. The predicted octanol–water partition coefficient (Wildman–Crippen LogP) is 2.16. The molecule has 0 unspecified atom stereocenters. The van der Waals surface area contributed by atoms with E-state index in [1.54, 1.807) is 36.6 Å². The van der Waals surface area contributed by atoms with E-state index in [-0.39, 0.29) is 17.6 Å². The van der Waals surface area contributed by atoms with Crippen LogP contribution in [-0.2, 0) is 18.3 Å². The highest BCUT2D eigenvalue weighted by molar-refractivity contribution is 5.79. The highest BCUT2D eigenvalue weighted by Gasteiger charge is 2.28. The van der Waals surface area contributed by atoms with Gasteiger partial charge in [-0.1, -0.05) is 12.1 Å². The number of aromatic nitrogens is 3. The van der Waals surface area contributed by atoms with Crippen LogP contribution in [0.3, 0.4) is 0 Å². The van der Waals surface area contributed by atoms with Crippen molar-refractivity contribution >= 4 is 17.1 Å². The molecule has 4 rings (SSSR count). The minimum absolute atomic E-state index is 0.0527. The summed E-state index contributed by atoms with van der Waals surface area (Å²) in [4.78, 5) is 32.1. The number of amides is 1. The SMILES string of the molecule is COc1cccc(CC(=O)N2CCC[C@H](n3c(=O)n(C)c4ncc(OC)cc43)C2)c1. The minimum atomic E-state index is -0.127. The van der Waals surface area contributed by atoms with Crippen LogP contribution in [0.2, 0.25) is 0 Å². The fourth-order valence-electron chi connectivity index (χ4n) is 4.14. The van der Waals surface area contributed by atoms with Gasteiger partial charge in [0.15, 0.2) is 5.65 Å². The van der Waals surface area contributed by atoms with Gasteiger partial charge < -0.3 is 14.4 Å². The summed E-state index contributed by atoms with van der Waals surface area (Å²) in [5, 5.41) is 0. The Labute approximate surface area is 174 Å². The Hall–Kier alpha value is -3.29. The molecule has 1 saturated heterocycles. The molecule has 0 radical (unpaired) electrons. The van der Waals surface area contributed by atoms with Crippen LogP contribution in [0.25, 0.3) is 11.2 Å². The van der Waals surface area contributed by atoms with Crippen LogP contribution in [0.15, 0.2) is 41.3 Å². The van der Waals surface area contributed by atoms with Gasteiger partial charge in [0.25, 0.3) is 0 Å². The van der Waals surface area contributed by atoms with E-state index in [0.29, 0.717) is 30.9 Å². The van der Waals surface area contributed by atoms with Gasteiger partial charge >= 0.3 is 5.69 Å². The highest BCUT2D eigenvalue weighted by atomic mass is 16.5. The third kappa shape index (κ3) is 3.65. The Morgan fingerprint density at radius 2 is 2.00 bits per heavy atom. The topological polar surface area (TPSA) is 78.6 Å². The number of pyridine rings is 1. The summed E-state index contributed by atoms with van der Waals surface area (Å²) in [6.45, 7) is 1.19. The van der Waals surface area contributed by atoms with Gasteiger partial charge in [-0.3, -0.25) is 13.9 Å². The fraction of sp³-hybridized carbons (Fsp3) is 0.409. The Bertz CT molecular complexity index is 1130. The molecule has 0 saturated carbocycles. The molecule has 3 heterocycles. The first-order chi connectivity index (χ1) is 14.5. The maximum atomic E-state index is 13.0. The van der Waals surface area contributed by atoms with Crippen LogP contribution in [0.1, 0.15) is 24.4 Å². The van der Waals surface area contributed by atoms with Gasteiger partial charge in [0.1, 0.15) is 11.5 Å². The molecule has 0 aliphatic carbocycles. The number of carbonyl (C=O) groups is 1. The van der Waals surface area contributed by atoms with Crippen molar-refractivity contribution in [1.82, 2.24) is 19.0 Å². The van der Waals surface area contributed by atoms with E-state index in [1.165, 1.54) is 0 Å². The van der Waals surface area contributed by atoms with Crippen molar-refractivity contribution in [3.05, 3.63) is 52.6 Å². The summed E-state index contributed by atoms with van der Waals surface area (Å²) >= 11 is 0. The molecule has 0 spiro atoms. The zero-order chi connectivity index (χ0) is 21.3. The number of hydrogen-bond donors (Lipinski definition) is 0. The lowest BCUT2D eigenvalue weighted by Gasteiger charge is -2.33. The summed E-state index contributed by atoms with van der Waals surface area (Å²) in [6, 6.07) is 9.29. The smallest absolute Gasteiger partial charge is 0.330 e. The van der Waals surface area contributed by atoms with E-state index < -0.39 is 0 Å². The second-order valence-electron chi connectivity index (χ2n) is 7.59. The molecule has 1 aliphatic heterocycles. The lowest BCUT2D eigenvalue weighted by Crippen LogP contribution is -2.43. The number of carbonyl (C=O) groups excluding carboxylic acids is 1. The van der Waals surface area contributed by atoms with E-state index in [4.69, 9.17) is 9.47 Å². The molecule has 2 aromatic heterocycles. The molecule has 8 nitrogen and oxygen atoms in total. The number of likely N-dealkylation sites (tertiary alicyclic amines) is 1. The standard InChI is InChI=1S/C22H26N4O4/c1-24-21-19(12-18(30-3)13-23-21)26(22(24)28)16-7-5-9-25(14-16)20(27)11-15-6-4-8-17(10-15)29-2/h4,6,8,10,12-13,16H,5,7,9,11,14H2,1-3H3/t16-/m0/s1. The number of benzene rings is 1. The zero-order valence-electron chi connectivity index (χ0n) is 17.5. The van der Waals surface area contributed by atoms with Crippen molar-refractivity contribution < 1.29 is 14.3 Å². The number of nitrogens with zero attached hydrogens (tertiary/aromatic N) is 4. The van der Waals surface area contributed by atoms with Crippen molar-refractivity contribution in [2.24, 2.45) is 7.05 Å². The lowest BCUT2D eigenvalue weighted by molar-refractivity contribution is -0.132. The van der Waals surface area contributed by atoms with Gasteiger partial charge in [0.05, 0.1) is 38.4 Å². The van der Waals surface area contributed by atoms with Gasteiger partial charge in [-0.2, -0.15) is 0 Å². The molecule has 0 N–H and O–H groups in total. The average molecular weight is 410 g/mol. The summed E-state index contributed by atoms with van der Waals surface area (Å²) in [6.07, 6.45) is 3.59. The molecule has 3 aromatic rings. The van der Waals surface area contributed by atoms with E-state index in [2.05, 4.69) is 4.98 Å². The number of methoxy groups -OCH3 is 2. The van der Waals surface area contributed by atoms with Gasteiger partial charge in [-0.25, -0.2) is 9.78 Å². The summed E-state index contributed by atoms with van der Waals surface area (Å²) < 4.78 is 13.9. The number of hydrogen-bond acceptors (Lipinski definition) is 5. The molecule has 1 fully saturated rings. The van der Waals surface area contributed by atoms with Crippen molar-refractivity contribution in [2.45, 2.75) is 25.3 Å². The van der Waals surface area contributed by atoms with Crippen LogP contribution >= 0.6 is 0 Å². The van der Waals surface area contributed by atoms with Gasteiger partial charge in [0, 0.05) is 26.2 Å². The second-order valence-corrected chi connectivity index (χ2v) is 7.59. The summed E-state index contributed by atoms with van der Waals surface area (Å²) in [5.74, 6) is 1.39. The number of imidazole rings is 1. The first-order valence-corrected chi connectivity index (χ1v) is 10.0. The van der Waals surface area contributed by atoms with Crippen molar-refractivity contribution in [3.8, 4) is 11.5 Å². The van der Waals surface area contributed by atoms with Crippen molar-refractivity contribution in [1.29, 1.82) is 0 Å². The van der Waals surface area contributed by atoms with E-state index in [9.17, 15) is 9.59 Å². The number of aryl methyl sites for hydroxylation is 1. The molecule has 1 amide bonds. The minimum Gasteiger partial charge on any atom is -0.497 e. The first-order valence-electron chi connectivity index (χ1n) is 10.0. The van der Waals surface area contributed by atoms with E-state index in [1.807, 2.05) is 35.2 Å². The Morgan fingerprint density at radius 3 is 2.77 bits per heavy atom. The number of fused-ring (bicyclic) bond motifs is 1. The van der Waals surface area contributed by atoms with Crippen LogP contribution < -0.4 is 15.2 Å². The van der Waals surface area contributed by atoms with Gasteiger partial charge in [-0.05, 0) is 30.5 Å². The van der Waals surface area contributed by atoms with Crippen molar-refractivity contribution in [2.75, 3.05) is 27.3 Å². The van der Waals surface area contributed by atoms with Crippen LogP contribution in [0.4, 0.5) is 0 Å². The Morgan fingerprint density at radius 1 is 1.20 bits per heavy atom. The largest absolute Gasteiger partial charge is 0.497 e. The summed E-state index contributed by atoms with van der Waals surface area (Å²) in [7, 11) is 4.91. The van der Waals surface area contributed by atoms with Gasteiger partial charge in [-0.15, -0.1) is 0 Å². The molecule has 158 valence electrons. The van der Waals surface area contributed by atoms with E-state index >= 15 is 0 Å². The Balaban J connectivity index is 1.59. The normalized spacial score (nSPS) is 16.6. The Kier molecular flexibility index (Phi) is 5.48. The molecule has 30 heavy (non-hydrogen) atoms. The number of ether oxygens (including phenoxy) is 2. The maximum Gasteiger partial charge on any atom is 0.330 e. The average Bonchev–Trinajstić information content (AvgIpc) is 3.03. The highest BCUT2D eigenvalue weighted by Crippen LogP contribution is 2.26. The molecular formula is C22H26N4O4. The van der Waals surface area contributed by atoms with E-state index in [0.717, 1.165) is 29.7 Å². The second kappa shape index (κ2) is 8.22. The monoisotopic (exact) mass is 410 g/mol. The molecule has 0 bridgehead atoms. The summed E-state index contributed by atoms with van der Waals surface area (Å²) in [5.41, 5.74) is 2.13. The third-order valence-electron chi connectivity index (χ3n) is 5.73. The number of rotatable bonds is 5. The first kappa shape index (κ1) is 20.0. The van der Waals surface area contributed by atoms with Crippen LogP contribution in [-0.4, -0.2) is 52.2 Å². The van der Waals surface area contributed by atoms with Crippen molar-refractivity contribution in [3.63, 3.8) is 0 Å². The molecule has 1 atom stereocenters. The van der Waals surface area contributed by atoms with Crippen LogP contribution in [0.5, 0.6) is 11.5 Å². The lowest BCUT2D eigenvalue weighted by atomic mass is 10.0. The molecule has 8 heteroatoms. The fourth-order valence-corrected chi connectivity index (χ4v) is 4.14. The molecule has 1 aliphatic rings.